The summed E-state index contributed by atoms with van der Waals surface area (Å²) in [6.07, 6.45) is 0.311. The van der Waals surface area contributed by atoms with E-state index in [0.717, 1.165) is 10.2 Å². The Hall–Kier alpha value is -1.74. The van der Waals surface area contributed by atoms with Gasteiger partial charge in [0.05, 0.1) is 31.8 Å². The van der Waals surface area contributed by atoms with Crippen LogP contribution in [-0.4, -0.2) is 26.1 Å². The van der Waals surface area contributed by atoms with Gasteiger partial charge in [-0.15, -0.1) is 0 Å². The van der Waals surface area contributed by atoms with Crippen LogP contribution in [0.5, 0.6) is 5.75 Å². The molecule has 0 atom stereocenters. The third kappa shape index (κ3) is 4.63. The minimum atomic E-state index is -0.160. The van der Waals surface area contributed by atoms with Crippen LogP contribution in [0.2, 0.25) is 0 Å². The first-order valence-electron chi connectivity index (χ1n) is 5.38. The molecule has 96 valence electrons. The number of nitrogens with zero attached hydrogens (tertiary/aromatic N) is 1. The maximum absolute atomic E-state index is 11.4. The molecule has 0 fully saturated rings. The number of hydrogen-bond donors (Lipinski definition) is 2. The van der Waals surface area contributed by atoms with E-state index in [1.807, 2.05) is 18.2 Å². The van der Waals surface area contributed by atoms with Crippen LogP contribution in [0, 0.1) is 11.3 Å². The summed E-state index contributed by atoms with van der Waals surface area (Å²) in [6.45, 7) is 0.505. The summed E-state index contributed by atoms with van der Waals surface area (Å²) in [7, 11) is 1.57. The smallest absolute Gasteiger partial charge is 0.239 e. The minimum Gasteiger partial charge on any atom is -0.495 e. The van der Waals surface area contributed by atoms with Gasteiger partial charge in [0.1, 0.15) is 5.75 Å². The highest BCUT2D eigenvalue weighted by Gasteiger charge is 2.05. The molecule has 6 heteroatoms. The minimum absolute atomic E-state index is 0.137. The number of nitrogens with one attached hydrogen (secondary N) is 2. The summed E-state index contributed by atoms with van der Waals surface area (Å²) in [5.41, 5.74) is 0.738. The van der Waals surface area contributed by atoms with Crippen molar-refractivity contribution in [3.8, 4) is 11.8 Å². The molecular weight excluding hydrogens is 298 g/mol. The molecule has 1 amide bonds. The number of methoxy groups -OCH3 is 1. The van der Waals surface area contributed by atoms with Crippen LogP contribution in [0.15, 0.2) is 22.7 Å². The van der Waals surface area contributed by atoms with Gasteiger partial charge in [0, 0.05) is 11.0 Å². The predicted molar refractivity (Wildman–Crippen MR) is 72.4 cm³/mol. The van der Waals surface area contributed by atoms with Crippen molar-refractivity contribution in [3.63, 3.8) is 0 Å². The lowest BCUT2D eigenvalue weighted by atomic mass is 10.3. The highest BCUT2D eigenvalue weighted by molar-refractivity contribution is 9.10. The summed E-state index contributed by atoms with van der Waals surface area (Å²) in [5.74, 6) is 0.510. The van der Waals surface area contributed by atoms with Crippen LogP contribution in [0.25, 0.3) is 0 Å². The van der Waals surface area contributed by atoms with Crippen molar-refractivity contribution < 1.29 is 9.53 Å². The van der Waals surface area contributed by atoms with Gasteiger partial charge in [0.25, 0.3) is 0 Å². The number of carbonyl (C=O) groups is 1. The Bertz CT molecular complexity index is 457. The van der Waals surface area contributed by atoms with Crippen molar-refractivity contribution in [2.75, 3.05) is 25.5 Å². The topological polar surface area (TPSA) is 74.2 Å². The molecule has 1 rings (SSSR count). The Kier molecular flexibility index (Phi) is 6.01. The van der Waals surface area contributed by atoms with Crippen LogP contribution in [0.3, 0.4) is 0 Å². The molecule has 1 aromatic rings. The van der Waals surface area contributed by atoms with Gasteiger partial charge in [-0.25, -0.2) is 0 Å². The summed E-state index contributed by atoms with van der Waals surface area (Å²) >= 11 is 3.35. The van der Waals surface area contributed by atoms with E-state index in [0.29, 0.717) is 18.7 Å². The van der Waals surface area contributed by atoms with Crippen LogP contribution >= 0.6 is 15.9 Å². The number of anilines is 1. The number of hydrogen-bond acceptors (Lipinski definition) is 4. The molecule has 0 aliphatic rings. The van der Waals surface area contributed by atoms with E-state index in [4.69, 9.17) is 10.00 Å². The second-order valence-corrected chi connectivity index (χ2v) is 4.37. The standard InChI is InChI=1S/C12H14BrN3O2/c1-18-11-4-3-9(13)7-10(11)16-8-12(17)15-6-2-5-14/h3-4,7,16H,2,6,8H2,1H3,(H,15,17). The lowest BCUT2D eigenvalue weighted by Gasteiger charge is -2.11. The molecule has 1 aromatic carbocycles. The van der Waals surface area contributed by atoms with Gasteiger partial charge >= 0.3 is 0 Å². The van der Waals surface area contributed by atoms with Gasteiger partial charge in [-0.05, 0) is 18.2 Å². The third-order valence-electron chi connectivity index (χ3n) is 2.16. The van der Waals surface area contributed by atoms with Gasteiger partial charge in [-0.2, -0.15) is 5.26 Å². The third-order valence-corrected chi connectivity index (χ3v) is 2.65. The quantitative estimate of drug-likeness (QED) is 0.787. The number of ether oxygens (including phenoxy) is 1. The monoisotopic (exact) mass is 311 g/mol. The Balaban J connectivity index is 2.50. The normalized spacial score (nSPS) is 9.39. The van der Waals surface area contributed by atoms with Gasteiger partial charge in [-0.3, -0.25) is 4.79 Å². The fraction of sp³-hybridized carbons (Fsp3) is 0.333. The average Bonchev–Trinajstić information content (AvgIpc) is 2.37. The fourth-order valence-electron chi connectivity index (χ4n) is 1.31. The zero-order valence-electron chi connectivity index (χ0n) is 10.00. The highest BCUT2D eigenvalue weighted by Crippen LogP contribution is 2.27. The summed E-state index contributed by atoms with van der Waals surface area (Å²) < 4.78 is 6.07. The van der Waals surface area contributed by atoms with E-state index in [1.165, 1.54) is 0 Å². The van der Waals surface area contributed by atoms with E-state index >= 15 is 0 Å². The first kappa shape index (κ1) is 14.3. The van der Waals surface area contributed by atoms with Crippen molar-refractivity contribution in [1.82, 2.24) is 5.32 Å². The van der Waals surface area contributed by atoms with Gasteiger partial charge in [0.15, 0.2) is 0 Å². The number of amides is 1. The molecule has 2 N–H and O–H groups in total. The molecule has 0 aliphatic carbocycles. The van der Waals surface area contributed by atoms with E-state index in [-0.39, 0.29) is 12.5 Å². The second kappa shape index (κ2) is 7.56. The molecule has 0 radical (unpaired) electrons. The SMILES string of the molecule is COc1ccc(Br)cc1NCC(=O)NCCC#N. The van der Waals surface area contributed by atoms with E-state index in [9.17, 15) is 4.79 Å². The molecule has 0 bridgehead atoms. The summed E-state index contributed by atoms with van der Waals surface area (Å²) in [5, 5.41) is 14.0. The molecule has 0 saturated heterocycles. The Morgan fingerprint density at radius 1 is 1.56 bits per heavy atom. The van der Waals surface area contributed by atoms with Crippen LogP contribution in [0.4, 0.5) is 5.69 Å². The molecule has 0 aliphatic heterocycles. The van der Waals surface area contributed by atoms with Crippen LogP contribution in [0.1, 0.15) is 6.42 Å². The fourth-order valence-corrected chi connectivity index (χ4v) is 1.68. The van der Waals surface area contributed by atoms with Crippen molar-refractivity contribution in [2.45, 2.75) is 6.42 Å². The molecule has 0 unspecified atom stereocenters. The number of carbonyl (C=O) groups excluding carboxylic acids is 1. The second-order valence-electron chi connectivity index (χ2n) is 3.46. The maximum atomic E-state index is 11.4. The molecule has 0 heterocycles. The van der Waals surface area contributed by atoms with E-state index in [2.05, 4.69) is 26.6 Å². The molecular formula is C12H14BrN3O2. The lowest BCUT2D eigenvalue weighted by molar-refractivity contribution is -0.119. The van der Waals surface area contributed by atoms with Crippen molar-refractivity contribution in [2.24, 2.45) is 0 Å². The predicted octanol–water partition coefficient (Wildman–Crippen LogP) is 1.90. The van der Waals surface area contributed by atoms with Crippen LogP contribution in [-0.2, 0) is 4.79 Å². The number of rotatable bonds is 6. The number of halogens is 1. The maximum Gasteiger partial charge on any atom is 0.239 e. The van der Waals surface area contributed by atoms with Crippen molar-refractivity contribution >= 4 is 27.5 Å². The lowest BCUT2D eigenvalue weighted by Crippen LogP contribution is -2.30. The van der Waals surface area contributed by atoms with E-state index < -0.39 is 0 Å². The molecule has 18 heavy (non-hydrogen) atoms. The zero-order chi connectivity index (χ0) is 13.4. The van der Waals surface area contributed by atoms with Crippen molar-refractivity contribution in [3.05, 3.63) is 22.7 Å². The van der Waals surface area contributed by atoms with Gasteiger partial charge in [0.2, 0.25) is 5.91 Å². The first-order chi connectivity index (χ1) is 8.67. The Morgan fingerprint density at radius 3 is 3.00 bits per heavy atom. The van der Waals surface area contributed by atoms with Crippen molar-refractivity contribution in [1.29, 1.82) is 5.26 Å². The molecule has 0 saturated carbocycles. The first-order valence-corrected chi connectivity index (χ1v) is 6.17. The Labute approximate surface area is 114 Å². The molecule has 0 spiro atoms. The largest absolute Gasteiger partial charge is 0.495 e. The number of nitriles is 1. The molecule has 0 aromatic heterocycles. The van der Waals surface area contributed by atoms with E-state index in [1.54, 1.807) is 13.2 Å². The average molecular weight is 312 g/mol. The highest BCUT2D eigenvalue weighted by atomic mass is 79.9. The molecule has 5 nitrogen and oxygen atoms in total. The Morgan fingerprint density at radius 2 is 2.33 bits per heavy atom. The van der Waals surface area contributed by atoms with Gasteiger partial charge < -0.3 is 15.4 Å². The number of benzene rings is 1. The summed E-state index contributed by atoms with van der Waals surface area (Å²) in [4.78, 5) is 11.4. The van der Waals surface area contributed by atoms with Crippen LogP contribution < -0.4 is 15.4 Å². The summed E-state index contributed by atoms with van der Waals surface area (Å²) in [6, 6.07) is 7.46. The van der Waals surface area contributed by atoms with Gasteiger partial charge in [-0.1, -0.05) is 15.9 Å². The zero-order valence-corrected chi connectivity index (χ0v) is 11.6.